The number of fused-ring (bicyclic) bond motifs is 1. The Hall–Kier alpha value is -2.76. The van der Waals surface area contributed by atoms with Gasteiger partial charge in [-0.25, -0.2) is 4.98 Å². The number of nitrogens with one attached hydrogen (secondary N) is 1. The van der Waals surface area contributed by atoms with Crippen molar-refractivity contribution in [1.29, 1.82) is 0 Å². The molecule has 2 aromatic rings. The largest absolute Gasteiger partial charge is 0.485 e. The molecule has 0 bridgehead atoms. The number of nitrogens with zero attached hydrogens (tertiary/aromatic N) is 1. The van der Waals surface area contributed by atoms with E-state index >= 15 is 0 Å². The minimum absolute atomic E-state index is 0.117. The third-order valence-corrected chi connectivity index (χ3v) is 4.99. The van der Waals surface area contributed by atoms with E-state index in [1.807, 2.05) is 49.5 Å². The molecular formula is C21H24N2O4. The molecule has 6 heteroatoms. The lowest BCUT2D eigenvalue weighted by Crippen LogP contribution is -2.49. The van der Waals surface area contributed by atoms with Crippen LogP contribution in [0.25, 0.3) is 0 Å². The van der Waals surface area contributed by atoms with Crippen LogP contribution in [0.2, 0.25) is 0 Å². The van der Waals surface area contributed by atoms with Crippen LogP contribution in [0.1, 0.15) is 31.2 Å². The number of benzene rings is 1. The third-order valence-electron chi connectivity index (χ3n) is 4.99. The Balaban J connectivity index is 1.24. The highest BCUT2D eigenvalue weighted by Gasteiger charge is 2.30. The first-order valence-corrected chi connectivity index (χ1v) is 9.45. The fraction of sp³-hybridized carbons (Fsp3) is 0.429. The van der Waals surface area contributed by atoms with Gasteiger partial charge in [-0.1, -0.05) is 18.2 Å². The first-order valence-electron chi connectivity index (χ1n) is 9.45. The molecule has 6 nitrogen and oxygen atoms in total. The predicted molar refractivity (Wildman–Crippen MR) is 100 cm³/mol. The SMILES string of the molecule is Cc1ccc(OC2CCC(NC(=O)C3COc4ccccc4O3)CC2)nc1. The highest BCUT2D eigenvalue weighted by atomic mass is 16.6. The van der Waals surface area contributed by atoms with E-state index in [1.165, 1.54) is 0 Å². The number of hydrogen-bond donors (Lipinski definition) is 1. The molecule has 1 aliphatic carbocycles. The summed E-state index contributed by atoms with van der Waals surface area (Å²) in [5.41, 5.74) is 1.12. The summed E-state index contributed by atoms with van der Waals surface area (Å²) in [5.74, 6) is 1.85. The highest BCUT2D eigenvalue weighted by Crippen LogP contribution is 2.31. The van der Waals surface area contributed by atoms with Gasteiger partial charge in [0.1, 0.15) is 12.7 Å². The molecule has 142 valence electrons. The minimum Gasteiger partial charge on any atom is -0.485 e. The van der Waals surface area contributed by atoms with Crippen LogP contribution in [-0.2, 0) is 4.79 Å². The first kappa shape index (κ1) is 17.6. The lowest BCUT2D eigenvalue weighted by atomic mass is 9.93. The summed E-state index contributed by atoms with van der Waals surface area (Å²) >= 11 is 0. The number of amides is 1. The zero-order valence-corrected chi connectivity index (χ0v) is 15.4. The molecule has 1 saturated carbocycles. The van der Waals surface area contributed by atoms with Crippen molar-refractivity contribution in [2.45, 2.75) is 50.9 Å². The number of aryl methyl sites for hydroxylation is 1. The van der Waals surface area contributed by atoms with Gasteiger partial charge in [-0.15, -0.1) is 0 Å². The summed E-state index contributed by atoms with van der Waals surface area (Å²) in [6, 6.07) is 11.5. The Morgan fingerprint density at radius 3 is 2.63 bits per heavy atom. The molecule has 2 aliphatic rings. The average Bonchev–Trinajstić information content (AvgIpc) is 2.71. The summed E-state index contributed by atoms with van der Waals surface area (Å²) < 4.78 is 17.4. The van der Waals surface area contributed by atoms with Gasteiger partial charge in [0.05, 0.1) is 0 Å². The monoisotopic (exact) mass is 368 g/mol. The van der Waals surface area contributed by atoms with Gasteiger partial charge in [-0.3, -0.25) is 4.79 Å². The molecule has 0 saturated heterocycles. The topological polar surface area (TPSA) is 69.7 Å². The lowest BCUT2D eigenvalue weighted by Gasteiger charge is -2.31. The fourth-order valence-corrected chi connectivity index (χ4v) is 3.46. The Morgan fingerprint density at radius 1 is 1.11 bits per heavy atom. The summed E-state index contributed by atoms with van der Waals surface area (Å²) in [6.45, 7) is 2.24. The van der Waals surface area contributed by atoms with Gasteiger partial charge in [-0.05, 0) is 50.3 Å². The number of hydrogen-bond acceptors (Lipinski definition) is 5. The fourth-order valence-electron chi connectivity index (χ4n) is 3.46. The van der Waals surface area contributed by atoms with E-state index in [2.05, 4.69) is 10.3 Å². The quantitative estimate of drug-likeness (QED) is 0.898. The van der Waals surface area contributed by atoms with Crippen LogP contribution in [0.4, 0.5) is 0 Å². The lowest BCUT2D eigenvalue weighted by molar-refractivity contribution is -0.131. The van der Waals surface area contributed by atoms with E-state index in [9.17, 15) is 4.79 Å². The number of aromatic nitrogens is 1. The van der Waals surface area contributed by atoms with Gasteiger partial charge in [0.2, 0.25) is 12.0 Å². The second-order valence-electron chi connectivity index (χ2n) is 7.14. The van der Waals surface area contributed by atoms with Gasteiger partial charge in [0, 0.05) is 18.3 Å². The standard InChI is InChI=1S/C21H24N2O4/c1-14-6-11-20(22-12-14)26-16-9-7-15(8-10-16)23-21(24)19-13-25-17-4-2-3-5-18(17)27-19/h2-6,11-12,15-16,19H,7-10,13H2,1H3,(H,23,24). The summed E-state index contributed by atoms with van der Waals surface area (Å²) in [6.07, 6.45) is 4.90. The molecule has 1 atom stereocenters. The van der Waals surface area contributed by atoms with Gasteiger partial charge >= 0.3 is 0 Å². The van der Waals surface area contributed by atoms with Gasteiger partial charge in [0.25, 0.3) is 5.91 Å². The molecule has 0 spiro atoms. The van der Waals surface area contributed by atoms with Gasteiger partial charge in [-0.2, -0.15) is 0 Å². The van der Waals surface area contributed by atoms with E-state index in [0.717, 1.165) is 31.2 Å². The van der Waals surface area contributed by atoms with Crippen molar-refractivity contribution < 1.29 is 19.0 Å². The molecule has 1 amide bonds. The summed E-state index contributed by atoms with van der Waals surface area (Å²) in [5, 5.41) is 3.10. The van der Waals surface area contributed by atoms with Crippen molar-refractivity contribution in [2.75, 3.05) is 6.61 Å². The second-order valence-corrected chi connectivity index (χ2v) is 7.14. The molecule has 2 heterocycles. The van der Waals surface area contributed by atoms with E-state index in [1.54, 1.807) is 0 Å². The molecule has 1 unspecified atom stereocenters. The molecule has 0 radical (unpaired) electrons. The normalized spacial score (nSPS) is 24.1. The van der Waals surface area contributed by atoms with E-state index in [0.29, 0.717) is 17.4 Å². The van der Waals surface area contributed by atoms with Gasteiger partial charge in [0.15, 0.2) is 11.5 Å². The van der Waals surface area contributed by atoms with Gasteiger partial charge < -0.3 is 19.5 Å². The number of ether oxygens (including phenoxy) is 3. The number of carbonyl (C=O) groups excluding carboxylic acids is 1. The van der Waals surface area contributed by atoms with Crippen molar-refractivity contribution in [1.82, 2.24) is 10.3 Å². The molecule has 1 aliphatic heterocycles. The average molecular weight is 368 g/mol. The maximum atomic E-state index is 12.5. The molecule has 4 rings (SSSR count). The number of rotatable bonds is 4. The van der Waals surface area contributed by atoms with Crippen LogP contribution >= 0.6 is 0 Å². The Bertz CT molecular complexity index is 785. The summed E-state index contributed by atoms with van der Waals surface area (Å²) in [7, 11) is 0. The van der Waals surface area contributed by atoms with Crippen LogP contribution in [-0.4, -0.2) is 35.7 Å². The predicted octanol–water partition coefficient (Wildman–Crippen LogP) is 3.04. The summed E-state index contributed by atoms with van der Waals surface area (Å²) in [4.78, 5) is 16.8. The zero-order chi connectivity index (χ0) is 18.6. The van der Waals surface area contributed by atoms with Crippen LogP contribution < -0.4 is 19.5 Å². The highest BCUT2D eigenvalue weighted by molar-refractivity contribution is 5.82. The van der Waals surface area contributed by atoms with Crippen molar-refractivity contribution in [2.24, 2.45) is 0 Å². The van der Waals surface area contributed by atoms with Crippen LogP contribution in [0, 0.1) is 6.92 Å². The van der Waals surface area contributed by atoms with Crippen LogP contribution in [0.5, 0.6) is 17.4 Å². The number of pyridine rings is 1. The van der Waals surface area contributed by atoms with Crippen LogP contribution in [0.15, 0.2) is 42.6 Å². The Morgan fingerprint density at radius 2 is 1.89 bits per heavy atom. The van der Waals surface area contributed by atoms with Crippen molar-refractivity contribution in [3.05, 3.63) is 48.2 Å². The van der Waals surface area contributed by atoms with E-state index < -0.39 is 6.10 Å². The number of carbonyl (C=O) groups is 1. The van der Waals surface area contributed by atoms with Crippen molar-refractivity contribution in [3.63, 3.8) is 0 Å². The molecule has 1 aromatic carbocycles. The molecule has 1 N–H and O–H groups in total. The van der Waals surface area contributed by atoms with Crippen molar-refractivity contribution >= 4 is 5.91 Å². The maximum absolute atomic E-state index is 12.5. The smallest absolute Gasteiger partial charge is 0.264 e. The molecule has 27 heavy (non-hydrogen) atoms. The minimum atomic E-state index is -0.606. The number of para-hydroxylation sites is 2. The molecule has 1 aromatic heterocycles. The molecule has 1 fully saturated rings. The van der Waals surface area contributed by atoms with E-state index in [-0.39, 0.29) is 24.7 Å². The first-order chi connectivity index (χ1) is 13.2. The Kier molecular flexibility index (Phi) is 5.14. The maximum Gasteiger partial charge on any atom is 0.264 e. The van der Waals surface area contributed by atoms with Crippen molar-refractivity contribution in [3.8, 4) is 17.4 Å². The zero-order valence-electron chi connectivity index (χ0n) is 15.4. The Labute approximate surface area is 158 Å². The van der Waals surface area contributed by atoms with E-state index in [4.69, 9.17) is 14.2 Å². The van der Waals surface area contributed by atoms with Crippen LogP contribution in [0.3, 0.4) is 0 Å². The second kappa shape index (κ2) is 7.86. The molecular weight excluding hydrogens is 344 g/mol. The third kappa shape index (κ3) is 4.32.